The number of fused-ring (bicyclic) bond motifs is 1. The normalized spacial score (nSPS) is 19.0. The molecule has 0 fully saturated rings. The highest BCUT2D eigenvalue weighted by Crippen LogP contribution is 2.36. The van der Waals surface area contributed by atoms with Gasteiger partial charge in [-0.05, 0) is 61.5 Å². The van der Waals surface area contributed by atoms with Gasteiger partial charge in [0.2, 0.25) is 0 Å². The third-order valence-corrected chi connectivity index (χ3v) is 4.39. The molecule has 1 aromatic rings. The van der Waals surface area contributed by atoms with Crippen molar-refractivity contribution in [2.24, 2.45) is 11.1 Å². The predicted octanol–water partition coefficient (Wildman–Crippen LogP) is 2.99. The van der Waals surface area contributed by atoms with E-state index in [1.165, 1.54) is 24.0 Å². The van der Waals surface area contributed by atoms with Gasteiger partial charge in [0.05, 0.1) is 7.11 Å². The summed E-state index contributed by atoms with van der Waals surface area (Å²) in [4.78, 5) is 2.47. The molecule has 0 spiro atoms. The van der Waals surface area contributed by atoms with Crippen molar-refractivity contribution in [1.29, 1.82) is 0 Å². The number of methoxy groups -OCH3 is 1. The quantitative estimate of drug-likeness (QED) is 0.898. The topological polar surface area (TPSA) is 38.5 Å². The molecule has 0 saturated carbocycles. The largest absolute Gasteiger partial charge is 0.497 e. The molecule has 1 aliphatic carbocycles. The summed E-state index contributed by atoms with van der Waals surface area (Å²) in [6.45, 7) is 6.22. The maximum atomic E-state index is 5.87. The highest BCUT2D eigenvalue weighted by atomic mass is 16.5. The van der Waals surface area contributed by atoms with E-state index in [2.05, 4.69) is 44.0 Å². The second kappa shape index (κ2) is 6.15. The lowest BCUT2D eigenvalue weighted by molar-refractivity contribution is 0.152. The van der Waals surface area contributed by atoms with Gasteiger partial charge in [-0.1, -0.05) is 19.9 Å². The number of aryl methyl sites for hydroxylation is 1. The van der Waals surface area contributed by atoms with Gasteiger partial charge in [0.1, 0.15) is 5.75 Å². The molecule has 0 saturated heterocycles. The van der Waals surface area contributed by atoms with Crippen LogP contribution in [0.25, 0.3) is 0 Å². The highest BCUT2D eigenvalue weighted by molar-refractivity contribution is 5.39. The summed E-state index contributed by atoms with van der Waals surface area (Å²) in [7, 11) is 3.96. The first-order valence-electron chi connectivity index (χ1n) is 7.54. The summed E-state index contributed by atoms with van der Waals surface area (Å²) in [6, 6.07) is 7.03. The second-order valence-corrected chi connectivity index (χ2v) is 6.76. The number of nitrogens with zero attached hydrogens (tertiary/aromatic N) is 1. The average molecular weight is 276 g/mol. The van der Waals surface area contributed by atoms with Gasteiger partial charge in [-0.15, -0.1) is 0 Å². The Hall–Kier alpha value is -1.06. The van der Waals surface area contributed by atoms with Crippen LogP contribution in [0.1, 0.15) is 43.9 Å². The Morgan fingerprint density at radius 3 is 2.80 bits per heavy atom. The van der Waals surface area contributed by atoms with Gasteiger partial charge in [-0.25, -0.2) is 0 Å². The Bertz CT molecular complexity index is 456. The summed E-state index contributed by atoms with van der Waals surface area (Å²) in [6.07, 6.45) is 3.64. The molecule has 0 aromatic heterocycles. The fourth-order valence-electron chi connectivity index (χ4n) is 3.20. The van der Waals surface area contributed by atoms with Gasteiger partial charge in [0.15, 0.2) is 0 Å². The number of rotatable bonds is 5. The van der Waals surface area contributed by atoms with Crippen LogP contribution in [0.3, 0.4) is 0 Å². The van der Waals surface area contributed by atoms with Crippen LogP contribution in [0.2, 0.25) is 0 Å². The Labute approximate surface area is 123 Å². The fraction of sp³-hybridized carbons (Fsp3) is 0.647. The molecule has 3 heteroatoms. The number of nitrogens with two attached hydrogens (primary N) is 1. The van der Waals surface area contributed by atoms with Crippen LogP contribution in [-0.4, -0.2) is 32.1 Å². The summed E-state index contributed by atoms with van der Waals surface area (Å²) in [5.41, 5.74) is 8.95. The molecule has 0 bridgehead atoms. The maximum Gasteiger partial charge on any atom is 0.119 e. The van der Waals surface area contributed by atoms with E-state index >= 15 is 0 Å². The number of hydrogen-bond donors (Lipinski definition) is 1. The zero-order valence-corrected chi connectivity index (χ0v) is 13.3. The van der Waals surface area contributed by atoms with Gasteiger partial charge in [-0.3, -0.25) is 4.90 Å². The second-order valence-electron chi connectivity index (χ2n) is 6.76. The summed E-state index contributed by atoms with van der Waals surface area (Å²) < 4.78 is 5.34. The number of benzene rings is 1. The minimum absolute atomic E-state index is 0.166. The third kappa shape index (κ3) is 3.33. The molecule has 2 N–H and O–H groups in total. The first kappa shape index (κ1) is 15.3. The molecule has 0 aliphatic heterocycles. The molecular weight excluding hydrogens is 248 g/mol. The maximum absolute atomic E-state index is 5.87. The molecule has 1 aliphatic rings. The van der Waals surface area contributed by atoms with Gasteiger partial charge >= 0.3 is 0 Å². The molecule has 0 heterocycles. The standard InChI is InChI=1S/C17H28N2O/c1-17(2,11-18)12-19(3)16-7-5-6-13-10-14(20-4)8-9-15(13)16/h8-10,16H,5-7,11-12,18H2,1-4H3. The van der Waals surface area contributed by atoms with Crippen LogP contribution in [0, 0.1) is 5.41 Å². The van der Waals surface area contributed by atoms with Crippen LogP contribution in [0.5, 0.6) is 5.75 Å². The minimum Gasteiger partial charge on any atom is -0.497 e. The van der Waals surface area contributed by atoms with E-state index in [0.29, 0.717) is 6.04 Å². The van der Waals surface area contributed by atoms with Gasteiger partial charge in [0, 0.05) is 12.6 Å². The average Bonchev–Trinajstić information content (AvgIpc) is 2.45. The minimum atomic E-state index is 0.166. The van der Waals surface area contributed by atoms with E-state index in [0.717, 1.165) is 25.3 Å². The Morgan fingerprint density at radius 1 is 1.40 bits per heavy atom. The summed E-state index contributed by atoms with van der Waals surface area (Å²) in [5.74, 6) is 0.967. The van der Waals surface area contributed by atoms with E-state index < -0.39 is 0 Å². The van der Waals surface area contributed by atoms with Crippen molar-refractivity contribution in [3.8, 4) is 5.75 Å². The number of hydrogen-bond acceptors (Lipinski definition) is 3. The monoisotopic (exact) mass is 276 g/mol. The lowest BCUT2D eigenvalue weighted by atomic mass is 9.85. The number of ether oxygens (including phenoxy) is 1. The Balaban J connectivity index is 2.19. The van der Waals surface area contributed by atoms with E-state index in [1.54, 1.807) is 7.11 Å². The lowest BCUT2D eigenvalue weighted by Gasteiger charge is -2.37. The Kier molecular flexibility index (Phi) is 4.71. The van der Waals surface area contributed by atoms with Crippen LogP contribution in [0.15, 0.2) is 18.2 Å². The zero-order chi connectivity index (χ0) is 14.8. The molecule has 20 heavy (non-hydrogen) atoms. The van der Waals surface area contributed by atoms with Crippen molar-refractivity contribution in [3.63, 3.8) is 0 Å². The van der Waals surface area contributed by atoms with Crippen molar-refractivity contribution in [1.82, 2.24) is 4.90 Å². The highest BCUT2D eigenvalue weighted by Gasteiger charge is 2.27. The van der Waals surface area contributed by atoms with E-state index in [4.69, 9.17) is 10.5 Å². The van der Waals surface area contributed by atoms with Crippen molar-refractivity contribution in [2.45, 2.75) is 39.2 Å². The van der Waals surface area contributed by atoms with Gasteiger partial charge in [-0.2, -0.15) is 0 Å². The van der Waals surface area contributed by atoms with Crippen LogP contribution in [-0.2, 0) is 6.42 Å². The lowest BCUT2D eigenvalue weighted by Crippen LogP contribution is -2.39. The van der Waals surface area contributed by atoms with Crippen LogP contribution < -0.4 is 10.5 Å². The zero-order valence-electron chi connectivity index (χ0n) is 13.3. The SMILES string of the molecule is COc1ccc2c(c1)CCCC2N(C)CC(C)(C)CN. The fourth-order valence-corrected chi connectivity index (χ4v) is 3.20. The molecule has 112 valence electrons. The molecular formula is C17H28N2O. The van der Waals surface area contributed by atoms with Crippen LogP contribution in [0.4, 0.5) is 0 Å². The third-order valence-electron chi connectivity index (χ3n) is 4.39. The van der Waals surface area contributed by atoms with Crippen molar-refractivity contribution in [2.75, 3.05) is 27.2 Å². The van der Waals surface area contributed by atoms with E-state index in [1.807, 2.05) is 0 Å². The van der Waals surface area contributed by atoms with Crippen LogP contribution >= 0.6 is 0 Å². The van der Waals surface area contributed by atoms with Gasteiger partial charge in [0.25, 0.3) is 0 Å². The molecule has 1 atom stereocenters. The van der Waals surface area contributed by atoms with Crippen molar-refractivity contribution >= 4 is 0 Å². The Morgan fingerprint density at radius 2 is 2.15 bits per heavy atom. The smallest absolute Gasteiger partial charge is 0.119 e. The first-order valence-corrected chi connectivity index (χ1v) is 7.54. The molecule has 2 rings (SSSR count). The van der Waals surface area contributed by atoms with E-state index in [-0.39, 0.29) is 5.41 Å². The molecule has 0 amide bonds. The molecule has 0 radical (unpaired) electrons. The first-order chi connectivity index (χ1) is 9.46. The van der Waals surface area contributed by atoms with E-state index in [9.17, 15) is 0 Å². The summed E-state index contributed by atoms with van der Waals surface area (Å²) >= 11 is 0. The van der Waals surface area contributed by atoms with Crippen molar-refractivity contribution < 1.29 is 4.74 Å². The summed E-state index contributed by atoms with van der Waals surface area (Å²) in [5, 5.41) is 0. The van der Waals surface area contributed by atoms with Gasteiger partial charge < -0.3 is 10.5 Å². The molecule has 1 aromatic carbocycles. The molecule has 1 unspecified atom stereocenters. The predicted molar refractivity (Wildman–Crippen MR) is 84.1 cm³/mol. The molecule has 3 nitrogen and oxygen atoms in total. The van der Waals surface area contributed by atoms with Crippen molar-refractivity contribution in [3.05, 3.63) is 29.3 Å².